The number of hydrogen-bond acceptors (Lipinski definition) is 6. The van der Waals surface area contributed by atoms with Crippen LogP contribution >= 0.6 is 11.8 Å². The van der Waals surface area contributed by atoms with Crippen LogP contribution in [0.1, 0.15) is 41.9 Å². The number of nitrogens with zero attached hydrogens (tertiary/aromatic N) is 4. The van der Waals surface area contributed by atoms with Gasteiger partial charge in [0.05, 0.1) is 17.7 Å². The van der Waals surface area contributed by atoms with E-state index in [1.807, 2.05) is 0 Å². The Morgan fingerprint density at radius 2 is 1.92 bits per heavy atom. The van der Waals surface area contributed by atoms with E-state index in [2.05, 4.69) is 21.7 Å². The van der Waals surface area contributed by atoms with Gasteiger partial charge in [0.15, 0.2) is 10.9 Å². The summed E-state index contributed by atoms with van der Waals surface area (Å²) < 4.78 is 26.4. The first-order valence-corrected chi connectivity index (χ1v) is 11.3. The number of sulfonamides is 1. The van der Waals surface area contributed by atoms with Crippen LogP contribution in [0.2, 0.25) is 0 Å². The lowest BCUT2D eigenvalue weighted by molar-refractivity contribution is 0.102. The second kappa shape index (κ2) is 7.40. The number of carbonyl (C=O) groups is 1. The summed E-state index contributed by atoms with van der Waals surface area (Å²) in [5.41, 5.74) is 1.07. The number of rotatable bonds is 8. The highest BCUT2D eigenvalue weighted by molar-refractivity contribution is 7.99. The molecule has 0 amide bonds. The normalized spacial score (nSPS) is 14.4. The SMILES string of the molecule is CCn1c(SCC(=O)c2ccc(N(C)S(C)(=O)=O)cc2)nnc1C1CC1. The fraction of sp³-hybridized carbons (Fsp3) is 0.471. The lowest BCUT2D eigenvalue weighted by atomic mass is 10.1. The van der Waals surface area contributed by atoms with Crippen molar-refractivity contribution >= 4 is 33.3 Å². The largest absolute Gasteiger partial charge is 0.306 e. The van der Waals surface area contributed by atoms with Crippen LogP contribution in [-0.4, -0.2) is 48.0 Å². The third kappa shape index (κ3) is 4.09. The average Bonchev–Trinajstić information content (AvgIpc) is 3.38. The van der Waals surface area contributed by atoms with Crippen LogP contribution in [0, 0.1) is 0 Å². The van der Waals surface area contributed by atoms with Crippen molar-refractivity contribution in [3.63, 3.8) is 0 Å². The van der Waals surface area contributed by atoms with E-state index in [1.165, 1.54) is 23.1 Å². The van der Waals surface area contributed by atoms with Crippen LogP contribution in [0.5, 0.6) is 0 Å². The highest BCUT2D eigenvalue weighted by Gasteiger charge is 2.30. The molecule has 0 atom stereocenters. The molecule has 1 saturated carbocycles. The summed E-state index contributed by atoms with van der Waals surface area (Å²) in [6, 6.07) is 6.58. The van der Waals surface area contributed by atoms with Gasteiger partial charge in [-0.1, -0.05) is 11.8 Å². The van der Waals surface area contributed by atoms with Gasteiger partial charge in [0.2, 0.25) is 10.0 Å². The van der Waals surface area contributed by atoms with Crippen LogP contribution in [-0.2, 0) is 16.6 Å². The summed E-state index contributed by atoms with van der Waals surface area (Å²) in [7, 11) is -1.83. The van der Waals surface area contributed by atoms with Crippen molar-refractivity contribution in [1.82, 2.24) is 14.8 Å². The molecule has 0 N–H and O–H groups in total. The Morgan fingerprint density at radius 1 is 1.27 bits per heavy atom. The molecule has 140 valence electrons. The molecule has 0 unspecified atom stereocenters. The van der Waals surface area contributed by atoms with E-state index in [9.17, 15) is 13.2 Å². The molecule has 9 heteroatoms. The quantitative estimate of drug-likeness (QED) is 0.505. The van der Waals surface area contributed by atoms with Crippen LogP contribution in [0.4, 0.5) is 5.69 Å². The topological polar surface area (TPSA) is 85.2 Å². The molecular formula is C17H22N4O3S2. The van der Waals surface area contributed by atoms with Crippen LogP contribution < -0.4 is 4.31 Å². The smallest absolute Gasteiger partial charge is 0.231 e. The summed E-state index contributed by atoms with van der Waals surface area (Å²) in [5, 5.41) is 9.27. The van der Waals surface area contributed by atoms with Gasteiger partial charge in [0.25, 0.3) is 0 Å². The maximum Gasteiger partial charge on any atom is 0.231 e. The van der Waals surface area contributed by atoms with E-state index in [1.54, 1.807) is 24.3 Å². The Hall–Kier alpha value is -1.87. The Morgan fingerprint density at radius 3 is 2.46 bits per heavy atom. The van der Waals surface area contributed by atoms with Gasteiger partial charge in [0, 0.05) is 25.1 Å². The van der Waals surface area contributed by atoms with Crippen LogP contribution in [0.25, 0.3) is 0 Å². The molecule has 0 aliphatic heterocycles. The minimum Gasteiger partial charge on any atom is -0.306 e. The molecule has 3 rings (SSSR count). The second-order valence-corrected chi connectivity index (χ2v) is 9.30. The lowest BCUT2D eigenvalue weighted by Crippen LogP contribution is -2.24. The van der Waals surface area contributed by atoms with Gasteiger partial charge in [-0.2, -0.15) is 0 Å². The molecule has 7 nitrogen and oxygen atoms in total. The lowest BCUT2D eigenvalue weighted by Gasteiger charge is -2.16. The zero-order valence-corrected chi connectivity index (χ0v) is 16.7. The predicted molar refractivity (Wildman–Crippen MR) is 102 cm³/mol. The van der Waals surface area contributed by atoms with Crippen molar-refractivity contribution in [3.8, 4) is 0 Å². The molecule has 1 heterocycles. The molecule has 0 spiro atoms. The first-order valence-electron chi connectivity index (χ1n) is 8.44. The molecule has 1 fully saturated rings. The number of carbonyl (C=O) groups excluding carboxylic acids is 1. The van der Waals surface area contributed by atoms with Gasteiger partial charge in [0.1, 0.15) is 5.82 Å². The zero-order valence-electron chi connectivity index (χ0n) is 15.0. The van der Waals surface area contributed by atoms with Gasteiger partial charge in [-0.15, -0.1) is 10.2 Å². The van der Waals surface area contributed by atoms with Gasteiger partial charge in [-0.3, -0.25) is 9.10 Å². The first kappa shape index (κ1) is 18.9. The number of Topliss-reactive ketones (excluding diaryl/α,β-unsaturated/α-hetero) is 1. The van der Waals surface area contributed by atoms with E-state index in [-0.39, 0.29) is 11.5 Å². The zero-order chi connectivity index (χ0) is 18.9. The summed E-state index contributed by atoms with van der Waals surface area (Å²) in [4.78, 5) is 12.4. The van der Waals surface area contributed by atoms with Gasteiger partial charge < -0.3 is 4.57 Å². The van der Waals surface area contributed by atoms with Crippen LogP contribution in [0.3, 0.4) is 0 Å². The maximum atomic E-state index is 12.4. The van der Waals surface area contributed by atoms with Gasteiger partial charge >= 0.3 is 0 Å². The summed E-state index contributed by atoms with van der Waals surface area (Å²) in [5.74, 6) is 1.79. The van der Waals surface area contributed by atoms with E-state index in [0.717, 1.165) is 36.6 Å². The highest BCUT2D eigenvalue weighted by atomic mass is 32.2. The molecule has 1 aliphatic carbocycles. The predicted octanol–water partition coefficient (Wildman–Crippen LogP) is 2.55. The summed E-state index contributed by atoms with van der Waals surface area (Å²) in [6.07, 6.45) is 3.47. The Balaban J connectivity index is 1.65. The molecule has 1 aromatic carbocycles. The molecule has 0 saturated heterocycles. The second-order valence-electron chi connectivity index (χ2n) is 6.35. The molecule has 0 radical (unpaired) electrons. The van der Waals surface area contributed by atoms with Crippen molar-refractivity contribution in [2.45, 2.75) is 37.4 Å². The first-order chi connectivity index (χ1) is 12.3. The number of hydrogen-bond donors (Lipinski definition) is 0. The number of aromatic nitrogens is 3. The number of anilines is 1. The fourth-order valence-corrected chi connectivity index (χ4v) is 4.02. The average molecular weight is 395 g/mol. The van der Waals surface area contributed by atoms with Crippen molar-refractivity contribution < 1.29 is 13.2 Å². The molecule has 26 heavy (non-hydrogen) atoms. The maximum absolute atomic E-state index is 12.4. The third-order valence-electron chi connectivity index (χ3n) is 4.39. The van der Waals surface area contributed by atoms with Crippen molar-refractivity contribution in [3.05, 3.63) is 35.7 Å². The Labute approximate surface area is 157 Å². The fourth-order valence-electron chi connectivity index (χ4n) is 2.61. The number of benzene rings is 1. The number of thioether (sulfide) groups is 1. The van der Waals surface area contributed by atoms with Crippen LogP contribution in [0.15, 0.2) is 29.4 Å². The van der Waals surface area contributed by atoms with Gasteiger partial charge in [-0.05, 0) is 44.0 Å². The monoisotopic (exact) mass is 394 g/mol. The summed E-state index contributed by atoms with van der Waals surface area (Å²) in [6.45, 7) is 2.85. The minimum atomic E-state index is -3.32. The standard InChI is InChI=1S/C17H22N4O3S2/c1-4-21-16(13-5-6-13)18-19-17(21)25-11-15(22)12-7-9-14(10-8-12)20(2)26(3,23)24/h7-10,13H,4-6,11H2,1-3H3. The minimum absolute atomic E-state index is 0.0258. The third-order valence-corrected chi connectivity index (χ3v) is 6.56. The Bertz CT molecular complexity index is 903. The molecule has 2 aromatic rings. The number of ketones is 1. The molecule has 1 aromatic heterocycles. The molecule has 1 aliphatic rings. The van der Waals surface area contributed by atoms with Crippen molar-refractivity contribution in [2.75, 3.05) is 23.4 Å². The van der Waals surface area contributed by atoms with Gasteiger partial charge in [-0.25, -0.2) is 8.42 Å². The molecule has 0 bridgehead atoms. The Kier molecular flexibility index (Phi) is 5.38. The van der Waals surface area contributed by atoms with Crippen molar-refractivity contribution in [2.24, 2.45) is 0 Å². The molecular weight excluding hydrogens is 372 g/mol. The van der Waals surface area contributed by atoms with E-state index < -0.39 is 10.0 Å². The van der Waals surface area contributed by atoms with E-state index in [0.29, 0.717) is 17.2 Å². The van der Waals surface area contributed by atoms with Crippen molar-refractivity contribution in [1.29, 1.82) is 0 Å². The summed E-state index contributed by atoms with van der Waals surface area (Å²) >= 11 is 1.39. The van der Waals surface area contributed by atoms with E-state index in [4.69, 9.17) is 0 Å². The highest BCUT2D eigenvalue weighted by Crippen LogP contribution is 2.40. The van der Waals surface area contributed by atoms with E-state index >= 15 is 0 Å².